The molecule has 1 aromatic carbocycles. The zero-order valence-electron chi connectivity index (χ0n) is 25.7. The van der Waals surface area contributed by atoms with E-state index in [1.54, 1.807) is 10.7 Å². The minimum absolute atomic E-state index is 0.0803. The van der Waals surface area contributed by atoms with Gasteiger partial charge >= 0.3 is 6.18 Å². The van der Waals surface area contributed by atoms with Crippen molar-refractivity contribution in [3.05, 3.63) is 35.0 Å². The number of fused-ring (bicyclic) bond motifs is 1. The number of rotatable bonds is 10. The van der Waals surface area contributed by atoms with Gasteiger partial charge in [-0.2, -0.15) is 22.6 Å². The first kappa shape index (κ1) is 33.7. The molecule has 0 amide bonds. The van der Waals surface area contributed by atoms with Gasteiger partial charge in [0.05, 0.1) is 43.4 Å². The molecule has 0 radical (unpaired) electrons. The number of aliphatic hydroxyl groups is 1. The summed E-state index contributed by atoms with van der Waals surface area (Å²) in [6.07, 6.45) is -1.48. The maximum absolute atomic E-state index is 14.1. The van der Waals surface area contributed by atoms with Crippen LogP contribution in [0.25, 0.3) is 11.3 Å². The molecule has 2 atom stereocenters. The minimum atomic E-state index is -4.51. The highest BCUT2D eigenvalue weighted by Crippen LogP contribution is 2.40. The Hall–Kier alpha value is -1.68. The minimum Gasteiger partial charge on any atom is -0.390 e. The van der Waals surface area contributed by atoms with E-state index in [4.69, 9.17) is 9.84 Å². The first-order valence-corrected chi connectivity index (χ1v) is 18.2. The van der Waals surface area contributed by atoms with Gasteiger partial charge in [-0.15, -0.1) is 11.8 Å². The molecule has 0 unspecified atom stereocenters. The van der Waals surface area contributed by atoms with E-state index < -0.39 is 27.9 Å². The molecule has 2 saturated heterocycles. The SMILES string of the molecule is CC1CCN(CCSc2cc(-c3nn(C[C@@H](O)CN4CCOC[C@@H]4C)c4c3CN(S(C)(=O)=O)CC4)ccc2C(F)(F)F)CC1. The molecule has 1 aromatic heterocycles. The zero-order chi connectivity index (χ0) is 31.6. The second kappa shape index (κ2) is 14.0. The number of piperidine rings is 1. The van der Waals surface area contributed by atoms with Crippen LogP contribution in [0.3, 0.4) is 0 Å². The number of nitrogens with zero attached hydrogens (tertiary/aromatic N) is 5. The van der Waals surface area contributed by atoms with E-state index in [1.807, 2.05) is 6.92 Å². The van der Waals surface area contributed by atoms with Crippen molar-refractivity contribution in [1.29, 1.82) is 0 Å². The van der Waals surface area contributed by atoms with Gasteiger partial charge in [0.1, 0.15) is 0 Å². The van der Waals surface area contributed by atoms with Crippen molar-refractivity contribution in [2.45, 2.75) is 69.4 Å². The number of aliphatic hydroxyl groups excluding tert-OH is 1. The predicted octanol–water partition coefficient (Wildman–Crippen LogP) is 3.79. The third kappa shape index (κ3) is 8.18. The first-order valence-electron chi connectivity index (χ1n) is 15.4. The molecule has 44 heavy (non-hydrogen) atoms. The molecular weight excluding hydrogens is 615 g/mol. The Bertz CT molecular complexity index is 1400. The van der Waals surface area contributed by atoms with Crippen molar-refractivity contribution < 1.29 is 31.4 Å². The number of β-amino-alcohol motifs (C(OH)–C–C–N with tert-alkyl or cyclic N) is 1. The number of likely N-dealkylation sites (tertiary alicyclic amines) is 1. The molecule has 0 spiro atoms. The lowest BCUT2D eigenvalue weighted by Crippen LogP contribution is -2.47. The average Bonchev–Trinajstić information content (AvgIpc) is 3.31. The fraction of sp³-hybridized carbons (Fsp3) is 0.700. The number of hydrogen-bond acceptors (Lipinski definition) is 8. The Balaban J connectivity index is 1.42. The number of aromatic nitrogens is 2. The molecule has 3 aliphatic heterocycles. The number of thioether (sulfide) groups is 1. The van der Waals surface area contributed by atoms with Crippen molar-refractivity contribution >= 4 is 21.8 Å². The molecule has 2 fully saturated rings. The summed E-state index contributed by atoms with van der Waals surface area (Å²) in [6.45, 7) is 9.82. The lowest BCUT2D eigenvalue weighted by Gasteiger charge is -2.34. The number of ether oxygens (including phenoxy) is 1. The van der Waals surface area contributed by atoms with Gasteiger partial charge < -0.3 is 14.7 Å². The fourth-order valence-electron chi connectivity index (χ4n) is 6.29. The van der Waals surface area contributed by atoms with E-state index in [-0.39, 0.29) is 30.6 Å². The third-order valence-corrected chi connectivity index (χ3v) is 11.3. The smallest absolute Gasteiger partial charge is 0.390 e. The summed E-state index contributed by atoms with van der Waals surface area (Å²) in [6, 6.07) is 4.25. The summed E-state index contributed by atoms with van der Waals surface area (Å²) >= 11 is 1.20. The van der Waals surface area contributed by atoms with E-state index in [9.17, 15) is 26.7 Å². The van der Waals surface area contributed by atoms with Gasteiger partial charge in [0, 0.05) is 72.7 Å². The van der Waals surface area contributed by atoms with Crippen LogP contribution in [0.4, 0.5) is 13.2 Å². The third-order valence-electron chi connectivity index (χ3n) is 9.00. The number of morpholine rings is 1. The highest BCUT2D eigenvalue weighted by atomic mass is 32.2. The molecule has 14 heteroatoms. The van der Waals surface area contributed by atoms with Crippen molar-refractivity contribution in [1.82, 2.24) is 23.9 Å². The van der Waals surface area contributed by atoms with Gasteiger partial charge in [-0.3, -0.25) is 9.58 Å². The first-order chi connectivity index (χ1) is 20.8. The van der Waals surface area contributed by atoms with Crippen LogP contribution >= 0.6 is 11.8 Å². The molecule has 2 aromatic rings. The van der Waals surface area contributed by atoms with Gasteiger partial charge in [0.25, 0.3) is 0 Å². The fourth-order valence-corrected chi connectivity index (χ4v) is 8.19. The second-order valence-corrected chi connectivity index (χ2v) is 15.6. The summed E-state index contributed by atoms with van der Waals surface area (Å²) in [4.78, 5) is 4.62. The number of benzene rings is 1. The standard InChI is InChI=1S/C30H44F3N5O4S2/c1-21-6-9-35(10-7-21)13-15-43-28-16-23(4-5-26(28)30(31,32)33)29-25-19-37(44(3,40)41)11-8-27(25)38(34-29)18-24(39)17-36-12-14-42-20-22(36)2/h4-5,16,21-22,24,39H,6-15,17-20H2,1-3H3/t22-,24-/m0/s1. The Kier molecular flexibility index (Phi) is 10.7. The van der Waals surface area contributed by atoms with Crippen LogP contribution in [0, 0.1) is 5.92 Å². The summed E-state index contributed by atoms with van der Waals surface area (Å²) in [5.74, 6) is 1.21. The van der Waals surface area contributed by atoms with Crippen LogP contribution in [0.15, 0.2) is 23.1 Å². The maximum atomic E-state index is 14.1. The maximum Gasteiger partial charge on any atom is 0.417 e. The highest BCUT2D eigenvalue weighted by molar-refractivity contribution is 7.99. The van der Waals surface area contributed by atoms with Crippen LogP contribution in [0.1, 0.15) is 43.5 Å². The molecule has 1 N–H and O–H groups in total. The lowest BCUT2D eigenvalue weighted by atomic mass is 9.99. The van der Waals surface area contributed by atoms with Crippen LogP contribution in [0.5, 0.6) is 0 Å². The van der Waals surface area contributed by atoms with Gasteiger partial charge in [-0.25, -0.2) is 8.42 Å². The van der Waals surface area contributed by atoms with E-state index in [2.05, 4.69) is 16.7 Å². The van der Waals surface area contributed by atoms with Crippen LogP contribution in [-0.2, 0) is 40.4 Å². The Morgan fingerprint density at radius 3 is 2.57 bits per heavy atom. The molecule has 0 aliphatic carbocycles. The summed E-state index contributed by atoms with van der Waals surface area (Å²) in [5, 5.41) is 15.9. The highest BCUT2D eigenvalue weighted by Gasteiger charge is 2.35. The van der Waals surface area contributed by atoms with Crippen molar-refractivity contribution in [2.75, 3.05) is 64.5 Å². The molecule has 9 nitrogen and oxygen atoms in total. The molecule has 4 heterocycles. The van der Waals surface area contributed by atoms with E-state index in [1.165, 1.54) is 22.1 Å². The number of halogens is 3. The van der Waals surface area contributed by atoms with Gasteiger partial charge in [-0.05, 0) is 50.9 Å². The van der Waals surface area contributed by atoms with Crippen LogP contribution in [0.2, 0.25) is 0 Å². The van der Waals surface area contributed by atoms with Crippen molar-refractivity contribution in [2.24, 2.45) is 5.92 Å². The summed E-state index contributed by atoms with van der Waals surface area (Å²) < 4.78 is 75.8. The molecule has 0 saturated carbocycles. The molecule has 5 rings (SSSR count). The molecular formula is C30H44F3N5O4S2. The van der Waals surface area contributed by atoms with E-state index in [0.29, 0.717) is 67.8 Å². The monoisotopic (exact) mass is 659 g/mol. The van der Waals surface area contributed by atoms with Gasteiger partial charge in [0.15, 0.2) is 0 Å². The molecule has 0 bridgehead atoms. The quantitative estimate of drug-likeness (QED) is 0.386. The Labute approximate surface area is 262 Å². The van der Waals surface area contributed by atoms with E-state index >= 15 is 0 Å². The lowest BCUT2D eigenvalue weighted by molar-refractivity contribution is -0.139. The van der Waals surface area contributed by atoms with Gasteiger partial charge in [0.2, 0.25) is 10.0 Å². The Morgan fingerprint density at radius 1 is 1.14 bits per heavy atom. The Morgan fingerprint density at radius 2 is 1.89 bits per heavy atom. The number of sulfonamides is 1. The largest absolute Gasteiger partial charge is 0.417 e. The van der Waals surface area contributed by atoms with E-state index in [0.717, 1.165) is 43.9 Å². The van der Waals surface area contributed by atoms with Crippen LogP contribution in [-0.4, -0.2) is 114 Å². The van der Waals surface area contributed by atoms with Crippen LogP contribution < -0.4 is 0 Å². The zero-order valence-corrected chi connectivity index (χ0v) is 27.4. The average molecular weight is 660 g/mol. The summed E-state index contributed by atoms with van der Waals surface area (Å²) in [5.41, 5.74) is 1.77. The van der Waals surface area contributed by atoms with Crippen molar-refractivity contribution in [3.63, 3.8) is 0 Å². The number of hydrogen-bond donors (Lipinski definition) is 1. The topological polar surface area (TPSA) is 91.1 Å². The normalized spacial score (nSPS) is 22.3. The van der Waals surface area contributed by atoms with Gasteiger partial charge in [-0.1, -0.05) is 13.0 Å². The summed E-state index contributed by atoms with van der Waals surface area (Å²) in [7, 11) is -3.50. The number of alkyl halides is 3. The van der Waals surface area contributed by atoms with Crippen molar-refractivity contribution in [3.8, 4) is 11.3 Å². The second-order valence-electron chi connectivity index (χ2n) is 12.5. The predicted molar refractivity (Wildman–Crippen MR) is 165 cm³/mol. The molecule has 3 aliphatic rings. The molecule has 246 valence electrons.